The fourth-order valence-electron chi connectivity index (χ4n) is 1.84. The monoisotopic (exact) mass is 266 g/mol. The van der Waals surface area contributed by atoms with Crippen LogP contribution in [0.4, 0.5) is 5.82 Å². The predicted octanol–water partition coefficient (Wildman–Crippen LogP) is 2.45. The summed E-state index contributed by atoms with van der Waals surface area (Å²) in [5.41, 5.74) is 1.18. The lowest BCUT2D eigenvalue weighted by molar-refractivity contribution is -0.124. The second-order valence-electron chi connectivity index (χ2n) is 4.18. The Bertz CT molecular complexity index is 406. The lowest BCUT2D eigenvalue weighted by Gasteiger charge is -2.10. The van der Waals surface area contributed by atoms with E-state index in [1.807, 2.05) is 23.9 Å². The minimum Gasteiger partial charge on any atom is -0.368 e. The second kappa shape index (κ2) is 6.75. The maximum atomic E-state index is 11.9. The molecule has 1 aromatic heterocycles. The van der Waals surface area contributed by atoms with Crippen molar-refractivity contribution in [1.29, 1.82) is 0 Å². The van der Waals surface area contributed by atoms with Crippen LogP contribution in [0.1, 0.15) is 25.3 Å². The van der Waals surface area contributed by atoms with Crippen molar-refractivity contribution in [1.82, 2.24) is 4.98 Å². The molecule has 1 fully saturated rings. The Morgan fingerprint density at radius 2 is 2.56 bits per heavy atom. The van der Waals surface area contributed by atoms with Crippen molar-refractivity contribution < 1.29 is 9.53 Å². The van der Waals surface area contributed by atoms with Gasteiger partial charge < -0.3 is 10.1 Å². The molecule has 18 heavy (non-hydrogen) atoms. The summed E-state index contributed by atoms with van der Waals surface area (Å²) in [6, 6.07) is 3.90. The van der Waals surface area contributed by atoms with Crippen molar-refractivity contribution in [2.45, 2.75) is 31.6 Å². The normalized spacial score (nSPS) is 18.8. The van der Waals surface area contributed by atoms with Gasteiger partial charge in [-0.1, -0.05) is 6.92 Å². The molecule has 0 bridgehead atoms. The zero-order valence-corrected chi connectivity index (χ0v) is 11.3. The number of hydrogen-bond donors (Lipinski definition) is 1. The Labute approximate surface area is 112 Å². The Kier molecular flexibility index (Phi) is 5.01. The maximum Gasteiger partial charge on any atom is 0.254 e. The summed E-state index contributed by atoms with van der Waals surface area (Å²) in [6.45, 7) is 2.81. The highest BCUT2D eigenvalue weighted by Gasteiger charge is 2.23. The van der Waals surface area contributed by atoms with Gasteiger partial charge in [-0.05, 0) is 36.3 Å². The number of pyridine rings is 1. The fourth-order valence-corrected chi connectivity index (χ4v) is 2.46. The summed E-state index contributed by atoms with van der Waals surface area (Å²) in [4.78, 5) is 16.0. The first-order valence-electron chi connectivity index (χ1n) is 6.24. The van der Waals surface area contributed by atoms with E-state index in [1.165, 1.54) is 5.56 Å². The molecule has 98 valence electrons. The smallest absolute Gasteiger partial charge is 0.254 e. The third-order valence-electron chi connectivity index (χ3n) is 2.77. The molecule has 4 nitrogen and oxygen atoms in total. The summed E-state index contributed by atoms with van der Waals surface area (Å²) in [5.74, 6) is 2.56. The molecule has 1 atom stereocenters. The van der Waals surface area contributed by atoms with Gasteiger partial charge in [0, 0.05) is 18.6 Å². The summed E-state index contributed by atoms with van der Waals surface area (Å²) in [7, 11) is 0. The molecule has 2 rings (SSSR count). The molecule has 0 aliphatic carbocycles. The van der Waals surface area contributed by atoms with Crippen molar-refractivity contribution in [3.05, 3.63) is 23.9 Å². The van der Waals surface area contributed by atoms with E-state index in [0.29, 0.717) is 12.4 Å². The van der Waals surface area contributed by atoms with Gasteiger partial charge in [0.05, 0.1) is 0 Å². The van der Waals surface area contributed by atoms with E-state index >= 15 is 0 Å². The number of nitrogens with one attached hydrogen (secondary N) is 1. The number of aromatic nitrogens is 1. The van der Waals surface area contributed by atoms with Gasteiger partial charge in [0.25, 0.3) is 5.91 Å². The van der Waals surface area contributed by atoms with Crippen LogP contribution in [0.3, 0.4) is 0 Å². The van der Waals surface area contributed by atoms with Gasteiger partial charge in [0.1, 0.15) is 11.9 Å². The van der Waals surface area contributed by atoms with Gasteiger partial charge >= 0.3 is 0 Å². The van der Waals surface area contributed by atoms with Crippen molar-refractivity contribution in [3.8, 4) is 0 Å². The lowest BCUT2D eigenvalue weighted by Crippen LogP contribution is -2.27. The van der Waals surface area contributed by atoms with Crippen LogP contribution in [-0.4, -0.2) is 29.4 Å². The van der Waals surface area contributed by atoms with Crippen LogP contribution in [0.25, 0.3) is 0 Å². The standard InChI is InChI=1S/C13H18N2O2S/c1-2-18-9-10-5-6-14-12(8-10)15-13(16)11-4-3-7-17-11/h5-6,8,11H,2-4,7,9H2,1H3,(H,14,15,16)/t11-/m0/s1. The van der Waals surface area contributed by atoms with E-state index in [2.05, 4.69) is 17.2 Å². The first-order valence-corrected chi connectivity index (χ1v) is 7.40. The van der Waals surface area contributed by atoms with E-state index in [0.717, 1.165) is 24.3 Å². The predicted molar refractivity (Wildman–Crippen MR) is 73.7 cm³/mol. The molecule has 1 amide bonds. The van der Waals surface area contributed by atoms with Crippen LogP contribution < -0.4 is 5.32 Å². The van der Waals surface area contributed by atoms with Gasteiger partial charge in [-0.2, -0.15) is 11.8 Å². The molecule has 1 aliphatic heterocycles. The Morgan fingerprint density at radius 3 is 3.28 bits per heavy atom. The molecule has 0 radical (unpaired) electrons. The number of ether oxygens (including phenoxy) is 1. The Balaban J connectivity index is 1.93. The van der Waals surface area contributed by atoms with Crippen LogP contribution in [0.15, 0.2) is 18.3 Å². The minimum absolute atomic E-state index is 0.0831. The molecule has 0 aromatic carbocycles. The average Bonchev–Trinajstić information content (AvgIpc) is 2.91. The SMILES string of the molecule is CCSCc1ccnc(NC(=O)[C@@H]2CCCO2)c1. The summed E-state index contributed by atoms with van der Waals surface area (Å²) < 4.78 is 5.34. The quantitative estimate of drug-likeness (QED) is 0.889. The van der Waals surface area contributed by atoms with E-state index in [4.69, 9.17) is 4.74 Å². The van der Waals surface area contributed by atoms with E-state index in [1.54, 1.807) is 6.20 Å². The van der Waals surface area contributed by atoms with Crippen molar-refractivity contribution >= 4 is 23.5 Å². The van der Waals surface area contributed by atoms with E-state index in [9.17, 15) is 4.79 Å². The number of amides is 1. The Hall–Kier alpha value is -1.07. The molecular formula is C13H18N2O2S. The summed E-state index contributed by atoms with van der Waals surface area (Å²) in [5, 5.41) is 2.82. The highest BCUT2D eigenvalue weighted by atomic mass is 32.2. The molecule has 0 saturated carbocycles. The highest BCUT2D eigenvalue weighted by Crippen LogP contribution is 2.17. The molecular weight excluding hydrogens is 248 g/mol. The molecule has 1 aliphatic rings. The molecule has 2 heterocycles. The van der Waals surface area contributed by atoms with Gasteiger partial charge in [-0.15, -0.1) is 0 Å². The third kappa shape index (κ3) is 3.71. The minimum atomic E-state index is -0.305. The van der Waals surface area contributed by atoms with Crippen LogP contribution in [0, 0.1) is 0 Å². The van der Waals surface area contributed by atoms with Gasteiger partial charge in [0.15, 0.2) is 0 Å². The Morgan fingerprint density at radius 1 is 1.67 bits per heavy atom. The van der Waals surface area contributed by atoms with Crippen molar-refractivity contribution in [2.75, 3.05) is 17.7 Å². The number of rotatable bonds is 5. The number of nitrogens with zero attached hydrogens (tertiary/aromatic N) is 1. The molecule has 0 unspecified atom stereocenters. The fraction of sp³-hybridized carbons (Fsp3) is 0.538. The third-order valence-corrected chi connectivity index (χ3v) is 3.72. The summed E-state index contributed by atoms with van der Waals surface area (Å²) >= 11 is 1.85. The first-order chi connectivity index (χ1) is 8.79. The van der Waals surface area contributed by atoms with Crippen LogP contribution in [0.2, 0.25) is 0 Å². The zero-order chi connectivity index (χ0) is 12.8. The van der Waals surface area contributed by atoms with Crippen molar-refractivity contribution in [2.24, 2.45) is 0 Å². The molecule has 1 saturated heterocycles. The number of anilines is 1. The van der Waals surface area contributed by atoms with E-state index in [-0.39, 0.29) is 12.0 Å². The zero-order valence-electron chi connectivity index (χ0n) is 10.5. The molecule has 0 spiro atoms. The van der Waals surface area contributed by atoms with Gasteiger partial charge in [-0.25, -0.2) is 4.98 Å². The number of thioether (sulfide) groups is 1. The largest absolute Gasteiger partial charge is 0.368 e. The summed E-state index contributed by atoms with van der Waals surface area (Å²) in [6.07, 6.45) is 3.19. The molecule has 1 N–H and O–H groups in total. The first kappa shape index (κ1) is 13.4. The maximum absolute atomic E-state index is 11.9. The number of carbonyl (C=O) groups is 1. The number of hydrogen-bond acceptors (Lipinski definition) is 4. The topological polar surface area (TPSA) is 51.2 Å². The average molecular weight is 266 g/mol. The number of carbonyl (C=O) groups excluding carboxylic acids is 1. The van der Waals surface area contributed by atoms with Crippen LogP contribution >= 0.6 is 11.8 Å². The van der Waals surface area contributed by atoms with Gasteiger partial charge in [-0.3, -0.25) is 4.79 Å². The second-order valence-corrected chi connectivity index (χ2v) is 5.45. The van der Waals surface area contributed by atoms with E-state index < -0.39 is 0 Å². The van der Waals surface area contributed by atoms with Crippen LogP contribution in [0.5, 0.6) is 0 Å². The lowest BCUT2D eigenvalue weighted by atomic mass is 10.2. The highest BCUT2D eigenvalue weighted by molar-refractivity contribution is 7.98. The molecule has 1 aromatic rings. The van der Waals surface area contributed by atoms with Crippen molar-refractivity contribution in [3.63, 3.8) is 0 Å². The molecule has 5 heteroatoms. The van der Waals surface area contributed by atoms with Crippen LogP contribution in [-0.2, 0) is 15.3 Å². The van der Waals surface area contributed by atoms with Gasteiger partial charge in [0.2, 0.25) is 0 Å².